The zero-order valence-corrected chi connectivity index (χ0v) is 16.6. The molecule has 0 unspecified atom stereocenters. The minimum atomic E-state index is -2.32. The van der Waals surface area contributed by atoms with Crippen LogP contribution in [-0.2, 0) is 0 Å². The third kappa shape index (κ3) is 2.79. The summed E-state index contributed by atoms with van der Waals surface area (Å²) in [7, 11) is 0. The average molecular weight is 404 g/mol. The molecule has 1 spiro atoms. The van der Waals surface area contributed by atoms with Gasteiger partial charge in [-0.15, -0.1) is 0 Å². The quantitative estimate of drug-likeness (QED) is 0.550. The summed E-state index contributed by atoms with van der Waals surface area (Å²) in [5.74, 6) is 0. The van der Waals surface area contributed by atoms with Crippen LogP contribution in [0.1, 0.15) is 28.2 Å². The second-order valence-corrected chi connectivity index (χ2v) is 8.33. The van der Waals surface area contributed by atoms with Crippen LogP contribution in [0.2, 0.25) is 0 Å². The van der Waals surface area contributed by atoms with Crippen LogP contribution in [0.3, 0.4) is 0 Å². The minimum Gasteiger partial charge on any atom is -0.367 e. The summed E-state index contributed by atoms with van der Waals surface area (Å²) in [4.78, 5) is 24.2. The van der Waals surface area contributed by atoms with E-state index in [0.29, 0.717) is 22.7 Å². The molecule has 1 saturated heterocycles. The fourth-order valence-corrected chi connectivity index (χ4v) is 4.33. The highest BCUT2D eigenvalue weighted by atomic mass is 16.1. The highest BCUT2D eigenvalue weighted by Gasteiger charge is 2.45. The monoisotopic (exact) mass is 404 g/mol. The summed E-state index contributed by atoms with van der Waals surface area (Å²) in [6.07, 6.45) is 5.66. The summed E-state index contributed by atoms with van der Waals surface area (Å²) in [6.45, 7) is 2.30. The van der Waals surface area contributed by atoms with E-state index in [9.17, 15) is 4.79 Å². The lowest BCUT2D eigenvalue weighted by molar-refractivity contribution is 0.442. The van der Waals surface area contributed by atoms with Crippen molar-refractivity contribution in [3.63, 3.8) is 0 Å². The molecule has 2 aliphatic rings. The number of piperazine rings is 1. The van der Waals surface area contributed by atoms with Gasteiger partial charge in [0.1, 0.15) is 11.3 Å². The van der Waals surface area contributed by atoms with Crippen LogP contribution in [0.15, 0.2) is 41.5 Å². The number of hydrogen-bond acceptors (Lipinski definition) is 6. The molecule has 1 N–H and O–H groups in total. The number of fused-ring (bicyclic) bond motifs is 2. The molecule has 30 heavy (non-hydrogen) atoms. The van der Waals surface area contributed by atoms with E-state index >= 15 is 0 Å². The van der Waals surface area contributed by atoms with E-state index in [-0.39, 0.29) is 16.8 Å². The number of anilines is 1. The predicted molar refractivity (Wildman–Crippen MR) is 115 cm³/mol. The number of rotatable bonds is 2. The first-order chi connectivity index (χ1) is 15.7. The van der Waals surface area contributed by atoms with Crippen molar-refractivity contribution in [3.8, 4) is 11.4 Å². The van der Waals surface area contributed by atoms with Gasteiger partial charge in [0.2, 0.25) is 0 Å². The molecule has 1 aliphatic carbocycles. The van der Waals surface area contributed by atoms with Crippen LogP contribution < -0.4 is 15.8 Å². The first kappa shape index (κ1) is 14.7. The van der Waals surface area contributed by atoms with E-state index in [1.54, 1.807) is 10.5 Å². The molecule has 0 aromatic carbocycles. The van der Waals surface area contributed by atoms with Gasteiger partial charge in [0.25, 0.3) is 5.56 Å². The molecule has 5 heterocycles. The van der Waals surface area contributed by atoms with Crippen molar-refractivity contribution in [2.45, 2.75) is 32.2 Å². The van der Waals surface area contributed by atoms with Crippen molar-refractivity contribution in [1.82, 2.24) is 29.3 Å². The Balaban J connectivity index is 1.39. The Labute approximate surface area is 177 Å². The fraction of sp³-hybridized carbons (Fsp3) is 0.364. The number of nitrogens with zero attached hydrogens (tertiary/aromatic N) is 6. The smallest absolute Gasteiger partial charge is 0.258 e. The third-order valence-corrected chi connectivity index (χ3v) is 6.11. The van der Waals surface area contributed by atoms with Crippen LogP contribution in [0.4, 0.5) is 5.69 Å². The van der Waals surface area contributed by atoms with Gasteiger partial charge in [0.15, 0.2) is 5.65 Å². The van der Waals surface area contributed by atoms with Crippen LogP contribution in [0, 0.1) is 13.8 Å². The molecule has 0 bridgehead atoms. The Morgan fingerprint density at radius 1 is 1.17 bits per heavy atom. The summed E-state index contributed by atoms with van der Waals surface area (Å²) < 4.78 is 25.8. The molecular weight excluding hydrogens is 378 g/mol. The average Bonchev–Trinajstić information content (AvgIpc) is 3.34. The Morgan fingerprint density at radius 2 is 2.07 bits per heavy atom. The largest absolute Gasteiger partial charge is 0.367 e. The molecule has 8 heteroatoms. The van der Waals surface area contributed by atoms with Gasteiger partial charge in [-0.05, 0) is 50.4 Å². The SMILES string of the molecule is [2H]C([2H])([2H])c1cn2nc(-c3cc(=O)n4cc(N5CCNC6(CC6)C5)ccc4n3)cc(C)c2n1. The molecule has 1 aliphatic heterocycles. The molecule has 0 atom stereocenters. The van der Waals surface area contributed by atoms with Gasteiger partial charge < -0.3 is 10.2 Å². The summed E-state index contributed by atoms with van der Waals surface area (Å²) in [6, 6.07) is 7.10. The Bertz CT molecular complexity index is 1470. The van der Waals surface area contributed by atoms with Gasteiger partial charge in [0.05, 0.1) is 23.3 Å². The van der Waals surface area contributed by atoms with Crippen molar-refractivity contribution in [1.29, 1.82) is 0 Å². The van der Waals surface area contributed by atoms with E-state index in [4.69, 9.17) is 4.11 Å². The Hall–Kier alpha value is -3.26. The van der Waals surface area contributed by atoms with E-state index in [2.05, 4.69) is 25.3 Å². The predicted octanol–water partition coefficient (Wildman–Crippen LogP) is 1.96. The second-order valence-electron chi connectivity index (χ2n) is 8.33. The van der Waals surface area contributed by atoms with E-state index in [0.717, 1.165) is 30.9 Å². The van der Waals surface area contributed by atoms with Gasteiger partial charge in [-0.2, -0.15) is 5.10 Å². The van der Waals surface area contributed by atoms with E-state index in [1.165, 1.54) is 29.6 Å². The first-order valence-electron chi connectivity index (χ1n) is 11.6. The summed E-state index contributed by atoms with van der Waals surface area (Å²) in [5.41, 5.74) is 3.71. The maximum atomic E-state index is 13.0. The number of aryl methyl sites for hydroxylation is 2. The van der Waals surface area contributed by atoms with Crippen LogP contribution in [0.25, 0.3) is 22.7 Å². The minimum absolute atomic E-state index is 0.0183. The van der Waals surface area contributed by atoms with Crippen LogP contribution in [-0.4, -0.2) is 49.2 Å². The molecule has 0 amide bonds. The van der Waals surface area contributed by atoms with Gasteiger partial charge in [0, 0.05) is 41.5 Å². The van der Waals surface area contributed by atoms with Gasteiger partial charge in [-0.3, -0.25) is 9.20 Å². The second kappa shape index (κ2) is 6.12. The molecule has 0 radical (unpaired) electrons. The summed E-state index contributed by atoms with van der Waals surface area (Å²) in [5, 5.41) is 8.08. The number of nitrogens with one attached hydrogen (secondary N) is 1. The highest BCUT2D eigenvalue weighted by Crippen LogP contribution is 2.38. The van der Waals surface area contributed by atoms with E-state index in [1.807, 2.05) is 25.3 Å². The Kier molecular flexibility index (Phi) is 2.99. The van der Waals surface area contributed by atoms with Crippen molar-refractivity contribution in [3.05, 3.63) is 58.3 Å². The molecule has 8 nitrogen and oxygen atoms in total. The summed E-state index contributed by atoms with van der Waals surface area (Å²) >= 11 is 0. The number of imidazole rings is 1. The zero-order chi connectivity index (χ0) is 23.0. The molecular formula is C22H23N7O. The van der Waals surface area contributed by atoms with Crippen molar-refractivity contribution in [2.75, 3.05) is 24.5 Å². The van der Waals surface area contributed by atoms with Crippen molar-refractivity contribution in [2.24, 2.45) is 0 Å². The van der Waals surface area contributed by atoms with Crippen molar-refractivity contribution < 1.29 is 4.11 Å². The lowest BCUT2D eigenvalue weighted by Crippen LogP contribution is -2.52. The number of pyridine rings is 1. The molecule has 152 valence electrons. The first-order valence-corrected chi connectivity index (χ1v) is 10.1. The zero-order valence-electron chi connectivity index (χ0n) is 19.6. The molecule has 2 fully saturated rings. The molecule has 1 saturated carbocycles. The lowest BCUT2D eigenvalue weighted by atomic mass is 10.1. The molecule has 6 rings (SSSR count). The van der Waals surface area contributed by atoms with Crippen LogP contribution in [0.5, 0.6) is 0 Å². The van der Waals surface area contributed by atoms with Crippen LogP contribution >= 0.6 is 0 Å². The highest BCUT2D eigenvalue weighted by molar-refractivity contribution is 5.62. The fourth-order valence-electron chi connectivity index (χ4n) is 4.33. The normalized spacial score (nSPS) is 19.8. The number of aromatic nitrogens is 5. The molecule has 4 aromatic heterocycles. The molecule has 4 aromatic rings. The Morgan fingerprint density at radius 3 is 2.90 bits per heavy atom. The topological polar surface area (TPSA) is 79.8 Å². The van der Waals surface area contributed by atoms with Crippen molar-refractivity contribution >= 4 is 17.0 Å². The lowest BCUT2D eigenvalue weighted by Gasteiger charge is -2.35. The maximum Gasteiger partial charge on any atom is 0.258 e. The number of hydrogen-bond donors (Lipinski definition) is 1. The van der Waals surface area contributed by atoms with Gasteiger partial charge in [-0.1, -0.05) is 0 Å². The van der Waals surface area contributed by atoms with E-state index < -0.39 is 6.85 Å². The standard InChI is InChI=1S/C22H23N7O/c1-14-9-18(26-29-11-15(2)24-21(14)29)17-10-20(30)28-12-16(3-4-19(28)25-17)27-8-7-23-22(13-27)5-6-22/h3-4,9-12,23H,5-8,13H2,1-2H3/i2D3. The van der Waals surface area contributed by atoms with Gasteiger partial charge in [-0.25, -0.2) is 14.5 Å². The third-order valence-electron chi connectivity index (χ3n) is 6.11. The maximum absolute atomic E-state index is 13.0. The van der Waals surface area contributed by atoms with Gasteiger partial charge >= 0.3 is 0 Å².